The molecular formula is C14H10F4N2O2S. The standard InChI is InChI=1S/C14H10F4N2O2S/c1-23-6-9(21)19-7-2-4-8(5-3-7)22-12-10(15)13(17)20-14(18)11(12)16/h2-5H,6H2,1H3,(H,19,21). The lowest BCUT2D eigenvalue weighted by Crippen LogP contribution is -2.13. The average molecular weight is 346 g/mol. The quantitative estimate of drug-likeness (QED) is 0.662. The molecule has 0 spiro atoms. The van der Waals surface area contributed by atoms with Crippen LogP contribution in [0, 0.1) is 23.5 Å². The predicted molar refractivity (Wildman–Crippen MR) is 77.6 cm³/mol. The fourth-order valence-electron chi connectivity index (χ4n) is 1.61. The van der Waals surface area contributed by atoms with Gasteiger partial charge in [-0.25, -0.2) is 0 Å². The molecule has 0 saturated heterocycles. The summed E-state index contributed by atoms with van der Waals surface area (Å²) < 4.78 is 57.7. The lowest BCUT2D eigenvalue weighted by molar-refractivity contribution is -0.113. The summed E-state index contributed by atoms with van der Waals surface area (Å²) >= 11 is 1.34. The summed E-state index contributed by atoms with van der Waals surface area (Å²) in [6, 6.07) is 5.39. The highest BCUT2D eigenvalue weighted by Gasteiger charge is 2.22. The molecule has 1 heterocycles. The van der Waals surface area contributed by atoms with Crippen LogP contribution in [0.1, 0.15) is 0 Å². The molecule has 1 aromatic heterocycles. The first-order chi connectivity index (χ1) is 10.9. The molecule has 0 aliphatic carbocycles. The van der Waals surface area contributed by atoms with Crippen LogP contribution in [-0.2, 0) is 4.79 Å². The number of carbonyl (C=O) groups is 1. The molecule has 1 N–H and O–H groups in total. The van der Waals surface area contributed by atoms with Crippen molar-refractivity contribution in [2.24, 2.45) is 0 Å². The number of halogens is 4. The van der Waals surface area contributed by atoms with Gasteiger partial charge in [-0.2, -0.15) is 34.3 Å². The van der Waals surface area contributed by atoms with Gasteiger partial charge in [0.05, 0.1) is 5.75 Å². The number of thioether (sulfide) groups is 1. The minimum absolute atomic E-state index is 0.0735. The van der Waals surface area contributed by atoms with E-state index in [1.165, 1.54) is 36.0 Å². The molecule has 0 bridgehead atoms. The van der Waals surface area contributed by atoms with Crippen LogP contribution in [0.25, 0.3) is 0 Å². The van der Waals surface area contributed by atoms with Gasteiger partial charge in [-0.05, 0) is 30.5 Å². The Kier molecular flexibility index (Phi) is 5.43. The Balaban J connectivity index is 2.17. The average Bonchev–Trinajstić information content (AvgIpc) is 2.51. The Hall–Kier alpha value is -2.29. The first-order valence-electron chi connectivity index (χ1n) is 6.19. The molecule has 4 nitrogen and oxygen atoms in total. The van der Waals surface area contributed by atoms with Crippen molar-refractivity contribution in [3.63, 3.8) is 0 Å². The van der Waals surface area contributed by atoms with Crippen LogP contribution in [0.15, 0.2) is 24.3 Å². The van der Waals surface area contributed by atoms with Crippen LogP contribution in [0.5, 0.6) is 11.5 Å². The zero-order valence-electron chi connectivity index (χ0n) is 11.7. The van der Waals surface area contributed by atoms with Gasteiger partial charge in [0.25, 0.3) is 11.9 Å². The number of benzene rings is 1. The normalized spacial score (nSPS) is 10.5. The van der Waals surface area contributed by atoms with Crippen LogP contribution >= 0.6 is 11.8 Å². The van der Waals surface area contributed by atoms with Crippen LogP contribution in [0.4, 0.5) is 23.2 Å². The highest BCUT2D eigenvalue weighted by atomic mass is 32.2. The fraction of sp³-hybridized carbons (Fsp3) is 0.143. The SMILES string of the molecule is CSCC(=O)Nc1ccc(Oc2c(F)c(F)nc(F)c2F)cc1. The molecule has 0 saturated carbocycles. The number of ether oxygens (including phenoxy) is 1. The van der Waals surface area contributed by atoms with E-state index in [0.29, 0.717) is 5.69 Å². The van der Waals surface area contributed by atoms with E-state index in [1.807, 2.05) is 0 Å². The molecule has 0 atom stereocenters. The highest BCUT2D eigenvalue weighted by molar-refractivity contribution is 7.99. The molecule has 0 aliphatic rings. The zero-order valence-corrected chi connectivity index (χ0v) is 12.5. The first-order valence-corrected chi connectivity index (χ1v) is 7.58. The number of hydrogen-bond donors (Lipinski definition) is 1. The van der Waals surface area contributed by atoms with Crippen molar-refractivity contribution in [2.45, 2.75) is 0 Å². The van der Waals surface area contributed by atoms with Crippen LogP contribution in [-0.4, -0.2) is 22.9 Å². The van der Waals surface area contributed by atoms with Crippen molar-refractivity contribution in [2.75, 3.05) is 17.3 Å². The summed E-state index contributed by atoms with van der Waals surface area (Å²) in [7, 11) is 0. The number of amides is 1. The highest BCUT2D eigenvalue weighted by Crippen LogP contribution is 2.30. The molecular weight excluding hydrogens is 336 g/mol. The molecule has 9 heteroatoms. The van der Waals surface area contributed by atoms with Crippen molar-refractivity contribution < 1.29 is 27.1 Å². The minimum Gasteiger partial charge on any atom is -0.451 e. The van der Waals surface area contributed by atoms with Crippen LogP contribution in [0.3, 0.4) is 0 Å². The maximum absolute atomic E-state index is 13.4. The summed E-state index contributed by atoms with van der Waals surface area (Å²) in [6.45, 7) is 0. The summed E-state index contributed by atoms with van der Waals surface area (Å²) in [5.41, 5.74) is 0.435. The molecule has 0 unspecified atom stereocenters. The Morgan fingerprint density at radius 1 is 1.13 bits per heavy atom. The molecule has 0 fully saturated rings. The van der Waals surface area contributed by atoms with Crippen molar-refractivity contribution in [1.29, 1.82) is 0 Å². The van der Waals surface area contributed by atoms with E-state index < -0.39 is 29.3 Å². The van der Waals surface area contributed by atoms with Gasteiger partial charge in [0.1, 0.15) is 5.75 Å². The van der Waals surface area contributed by atoms with Crippen molar-refractivity contribution >= 4 is 23.4 Å². The smallest absolute Gasteiger partial charge is 0.255 e. The topological polar surface area (TPSA) is 51.2 Å². The number of rotatable bonds is 5. The number of pyridine rings is 1. The van der Waals surface area contributed by atoms with Gasteiger partial charge in [-0.3, -0.25) is 4.79 Å². The van der Waals surface area contributed by atoms with Gasteiger partial charge in [0.2, 0.25) is 23.3 Å². The summed E-state index contributed by atoms with van der Waals surface area (Å²) in [5.74, 6) is -8.34. The number of hydrogen-bond acceptors (Lipinski definition) is 4. The molecule has 1 amide bonds. The van der Waals surface area contributed by atoms with Gasteiger partial charge in [0.15, 0.2) is 0 Å². The molecule has 0 radical (unpaired) electrons. The largest absolute Gasteiger partial charge is 0.451 e. The second-order valence-electron chi connectivity index (χ2n) is 4.26. The van der Waals surface area contributed by atoms with E-state index in [9.17, 15) is 22.4 Å². The molecule has 0 aliphatic heterocycles. The van der Waals surface area contributed by atoms with E-state index in [1.54, 1.807) is 6.26 Å². The van der Waals surface area contributed by atoms with Crippen molar-refractivity contribution in [3.8, 4) is 11.5 Å². The lowest BCUT2D eigenvalue weighted by Gasteiger charge is -2.09. The summed E-state index contributed by atoms with van der Waals surface area (Å²) in [6.07, 6.45) is 1.77. The van der Waals surface area contributed by atoms with E-state index in [4.69, 9.17) is 4.74 Å². The third kappa shape index (κ3) is 4.13. The van der Waals surface area contributed by atoms with Gasteiger partial charge in [-0.1, -0.05) is 0 Å². The third-order valence-electron chi connectivity index (χ3n) is 2.59. The second-order valence-corrected chi connectivity index (χ2v) is 5.12. The molecule has 23 heavy (non-hydrogen) atoms. The Bertz CT molecular complexity index is 699. The second kappa shape index (κ2) is 7.32. The third-order valence-corrected chi connectivity index (χ3v) is 3.14. The lowest BCUT2D eigenvalue weighted by atomic mass is 10.3. The van der Waals surface area contributed by atoms with E-state index in [0.717, 1.165) is 0 Å². The number of nitrogens with zero attached hydrogens (tertiary/aromatic N) is 1. The van der Waals surface area contributed by atoms with Gasteiger partial charge in [-0.15, -0.1) is 0 Å². The van der Waals surface area contributed by atoms with E-state index in [-0.39, 0.29) is 17.4 Å². The fourth-order valence-corrected chi connectivity index (χ4v) is 1.94. The van der Waals surface area contributed by atoms with E-state index in [2.05, 4.69) is 10.3 Å². The maximum Gasteiger partial charge on any atom is 0.255 e. The molecule has 122 valence electrons. The van der Waals surface area contributed by atoms with Gasteiger partial charge in [0, 0.05) is 5.69 Å². The van der Waals surface area contributed by atoms with Gasteiger partial charge < -0.3 is 10.1 Å². The van der Waals surface area contributed by atoms with Crippen molar-refractivity contribution in [1.82, 2.24) is 4.98 Å². The van der Waals surface area contributed by atoms with Gasteiger partial charge >= 0.3 is 0 Å². The number of carbonyl (C=O) groups excluding carboxylic acids is 1. The molecule has 2 aromatic rings. The predicted octanol–water partition coefficient (Wildman–Crippen LogP) is 3.73. The summed E-state index contributed by atoms with van der Waals surface area (Å²) in [5, 5.41) is 2.58. The number of nitrogens with one attached hydrogen (secondary N) is 1. The molecule has 1 aromatic carbocycles. The Morgan fingerprint density at radius 3 is 2.22 bits per heavy atom. The Labute approximate surface area is 132 Å². The Morgan fingerprint density at radius 2 is 1.70 bits per heavy atom. The van der Waals surface area contributed by atoms with Crippen molar-refractivity contribution in [3.05, 3.63) is 47.8 Å². The molecule has 2 rings (SSSR count). The van der Waals surface area contributed by atoms with Crippen LogP contribution < -0.4 is 10.1 Å². The maximum atomic E-state index is 13.4. The zero-order chi connectivity index (χ0) is 17.0. The van der Waals surface area contributed by atoms with E-state index >= 15 is 0 Å². The summed E-state index contributed by atoms with van der Waals surface area (Å²) in [4.78, 5) is 13.8. The number of anilines is 1. The monoisotopic (exact) mass is 346 g/mol. The first kappa shape index (κ1) is 17.1. The van der Waals surface area contributed by atoms with Crippen LogP contribution in [0.2, 0.25) is 0 Å². The number of aromatic nitrogens is 1. The minimum atomic E-state index is -1.81.